The lowest BCUT2D eigenvalue weighted by Crippen LogP contribution is -2.50. The van der Waals surface area contributed by atoms with E-state index in [4.69, 9.17) is 0 Å². The maximum absolute atomic E-state index is 12.7. The topological polar surface area (TPSA) is 52.7 Å². The Morgan fingerprint density at radius 2 is 1.50 bits per heavy atom. The maximum Gasteiger partial charge on any atom is 0.254 e. The van der Waals surface area contributed by atoms with Gasteiger partial charge in [0.2, 0.25) is 5.91 Å². The summed E-state index contributed by atoms with van der Waals surface area (Å²) in [6.45, 7) is 4.55. The second-order valence-corrected chi connectivity index (χ2v) is 8.85. The molecular weight excluding hydrogens is 418 g/mol. The van der Waals surface area contributed by atoms with Crippen molar-refractivity contribution >= 4 is 23.2 Å². The Bertz CT molecular complexity index is 945. The summed E-state index contributed by atoms with van der Waals surface area (Å²) in [6.07, 6.45) is 0.428. The van der Waals surface area contributed by atoms with Gasteiger partial charge >= 0.3 is 0 Å². The Kier molecular flexibility index (Phi) is 7.69. The number of carbonyl (C=O) groups is 2. The van der Waals surface area contributed by atoms with Crippen LogP contribution >= 0.6 is 11.3 Å². The van der Waals surface area contributed by atoms with Crippen LogP contribution in [0.1, 0.15) is 33.8 Å². The molecule has 0 spiro atoms. The van der Waals surface area contributed by atoms with E-state index in [2.05, 4.69) is 34.5 Å². The van der Waals surface area contributed by atoms with Crippen LogP contribution in [0.3, 0.4) is 0 Å². The molecule has 166 valence electrons. The molecule has 3 aromatic rings. The Morgan fingerprint density at radius 3 is 2.06 bits per heavy atom. The first-order valence-electron chi connectivity index (χ1n) is 11.1. The largest absolute Gasteiger partial charge is 0.355 e. The minimum absolute atomic E-state index is 0.0454. The smallest absolute Gasteiger partial charge is 0.254 e. The summed E-state index contributed by atoms with van der Waals surface area (Å²) >= 11 is 1.55. The van der Waals surface area contributed by atoms with Crippen molar-refractivity contribution in [2.45, 2.75) is 12.3 Å². The predicted molar refractivity (Wildman–Crippen MR) is 129 cm³/mol. The summed E-state index contributed by atoms with van der Waals surface area (Å²) in [5.74, 6) is 0.227. The maximum atomic E-state index is 12.7. The molecule has 5 nitrogen and oxygen atoms in total. The van der Waals surface area contributed by atoms with Gasteiger partial charge in [0, 0.05) is 57.0 Å². The minimum Gasteiger partial charge on any atom is -0.355 e. The van der Waals surface area contributed by atoms with Gasteiger partial charge in [-0.3, -0.25) is 14.5 Å². The first-order valence-corrected chi connectivity index (χ1v) is 12.1. The van der Waals surface area contributed by atoms with E-state index in [1.807, 2.05) is 58.1 Å². The second kappa shape index (κ2) is 11.1. The molecule has 4 rings (SSSR count). The molecule has 2 amide bonds. The van der Waals surface area contributed by atoms with Crippen LogP contribution in [0.25, 0.3) is 0 Å². The van der Waals surface area contributed by atoms with Crippen LogP contribution in [-0.2, 0) is 4.79 Å². The van der Waals surface area contributed by atoms with Gasteiger partial charge in [-0.25, -0.2) is 0 Å². The fourth-order valence-electron chi connectivity index (χ4n) is 4.15. The number of nitrogens with zero attached hydrogens (tertiary/aromatic N) is 2. The van der Waals surface area contributed by atoms with E-state index in [0.29, 0.717) is 13.0 Å². The van der Waals surface area contributed by atoms with Crippen molar-refractivity contribution in [3.8, 4) is 0 Å². The first kappa shape index (κ1) is 22.2. The zero-order valence-corrected chi connectivity index (χ0v) is 19.0. The molecule has 2 heterocycles. The molecule has 1 fully saturated rings. The molecular formula is C26H29N3O2S. The summed E-state index contributed by atoms with van der Waals surface area (Å²) in [7, 11) is 0. The average Bonchev–Trinajstić information content (AvgIpc) is 3.39. The van der Waals surface area contributed by atoms with Crippen LogP contribution < -0.4 is 5.32 Å². The van der Waals surface area contributed by atoms with Crippen molar-refractivity contribution in [1.29, 1.82) is 0 Å². The third kappa shape index (κ3) is 5.84. The Morgan fingerprint density at radius 1 is 0.875 bits per heavy atom. The number of thiophene rings is 1. The molecule has 0 aliphatic carbocycles. The molecule has 6 heteroatoms. The Balaban J connectivity index is 1.24. The highest BCUT2D eigenvalue weighted by atomic mass is 32.1. The number of hydrogen-bond acceptors (Lipinski definition) is 4. The standard InChI is InChI=1S/C26H29N3O2S/c30-25(19-24(21-7-3-1-4-8-21)22-9-5-2-6-10-22)27-12-13-28-14-16-29(17-15-28)26(31)23-11-18-32-20-23/h1-11,18,20,24H,12-17,19H2,(H,27,30). The average molecular weight is 448 g/mol. The zero-order valence-electron chi connectivity index (χ0n) is 18.2. The third-order valence-electron chi connectivity index (χ3n) is 5.97. The van der Waals surface area contributed by atoms with E-state index in [0.717, 1.165) is 49.4 Å². The van der Waals surface area contributed by atoms with Crippen molar-refractivity contribution in [2.24, 2.45) is 0 Å². The normalized spacial score (nSPS) is 14.5. The highest BCUT2D eigenvalue weighted by molar-refractivity contribution is 7.08. The zero-order chi connectivity index (χ0) is 22.2. The minimum atomic E-state index is 0.0454. The summed E-state index contributed by atoms with van der Waals surface area (Å²) < 4.78 is 0. The molecule has 1 saturated heterocycles. The van der Waals surface area contributed by atoms with Crippen LogP contribution in [0.15, 0.2) is 77.5 Å². The van der Waals surface area contributed by atoms with E-state index >= 15 is 0 Å². The van der Waals surface area contributed by atoms with Crippen molar-refractivity contribution in [3.05, 3.63) is 94.2 Å². The number of rotatable bonds is 8. The van der Waals surface area contributed by atoms with E-state index in [-0.39, 0.29) is 17.7 Å². The number of piperazine rings is 1. The lowest BCUT2D eigenvalue weighted by Gasteiger charge is -2.34. The molecule has 0 unspecified atom stereocenters. The van der Waals surface area contributed by atoms with Gasteiger partial charge in [-0.2, -0.15) is 11.3 Å². The summed E-state index contributed by atoms with van der Waals surface area (Å²) in [6, 6.07) is 22.3. The van der Waals surface area contributed by atoms with Crippen LogP contribution in [0.5, 0.6) is 0 Å². The quantitative estimate of drug-likeness (QED) is 0.571. The molecule has 1 aliphatic heterocycles. The number of carbonyl (C=O) groups excluding carboxylic acids is 2. The van der Waals surface area contributed by atoms with Crippen LogP contribution in [0.2, 0.25) is 0 Å². The highest BCUT2D eigenvalue weighted by Crippen LogP contribution is 2.27. The lowest BCUT2D eigenvalue weighted by atomic mass is 9.88. The number of nitrogens with one attached hydrogen (secondary N) is 1. The van der Waals surface area contributed by atoms with Gasteiger partial charge < -0.3 is 10.2 Å². The van der Waals surface area contributed by atoms with Crippen LogP contribution in [-0.4, -0.2) is 60.9 Å². The predicted octanol–water partition coefficient (Wildman–Crippen LogP) is 3.84. The van der Waals surface area contributed by atoms with E-state index in [1.165, 1.54) is 0 Å². The van der Waals surface area contributed by atoms with Gasteiger partial charge in [0.1, 0.15) is 0 Å². The fourth-order valence-corrected chi connectivity index (χ4v) is 4.78. The van der Waals surface area contributed by atoms with Gasteiger partial charge in [-0.1, -0.05) is 60.7 Å². The van der Waals surface area contributed by atoms with Gasteiger partial charge in [0.15, 0.2) is 0 Å². The first-order chi connectivity index (χ1) is 15.7. The molecule has 0 saturated carbocycles. The molecule has 1 aliphatic rings. The molecule has 1 N–H and O–H groups in total. The second-order valence-electron chi connectivity index (χ2n) is 8.07. The van der Waals surface area contributed by atoms with Crippen molar-refractivity contribution in [3.63, 3.8) is 0 Å². The lowest BCUT2D eigenvalue weighted by molar-refractivity contribution is -0.121. The summed E-state index contributed by atoms with van der Waals surface area (Å²) in [4.78, 5) is 29.4. The van der Waals surface area contributed by atoms with E-state index in [9.17, 15) is 9.59 Å². The fraction of sp³-hybridized carbons (Fsp3) is 0.308. The molecule has 0 bridgehead atoms. The molecule has 2 aromatic carbocycles. The van der Waals surface area contributed by atoms with Gasteiger partial charge in [-0.15, -0.1) is 0 Å². The molecule has 0 radical (unpaired) electrons. The number of hydrogen-bond donors (Lipinski definition) is 1. The van der Waals surface area contributed by atoms with Crippen molar-refractivity contribution in [1.82, 2.24) is 15.1 Å². The van der Waals surface area contributed by atoms with Crippen LogP contribution in [0.4, 0.5) is 0 Å². The van der Waals surface area contributed by atoms with Gasteiger partial charge in [-0.05, 0) is 22.6 Å². The van der Waals surface area contributed by atoms with Gasteiger partial charge in [0.25, 0.3) is 5.91 Å². The Hall–Kier alpha value is -2.96. The van der Waals surface area contributed by atoms with E-state index in [1.54, 1.807) is 11.3 Å². The SMILES string of the molecule is O=C(CC(c1ccccc1)c1ccccc1)NCCN1CCN(C(=O)c2ccsc2)CC1. The summed E-state index contributed by atoms with van der Waals surface area (Å²) in [5, 5.41) is 6.94. The van der Waals surface area contributed by atoms with Crippen molar-refractivity contribution in [2.75, 3.05) is 39.3 Å². The monoisotopic (exact) mass is 447 g/mol. The molecule has 1 aromatic heterocycles. The van der Waals surface area contributed by atoms with Crippen LogP contribution in [0, 0.1) is 0 Å². The third-order valence-corrected chi connectivity index (χ3v) is 6.65. The Labute approximate surface area is 193 Å². The molecule has 32 heavy (non-hydrogen) atoms. The highest BCUT2D eigenvalue weighted by Gasteiger charge is 2.22. The van der Waals surface area contributed by atoms with Crippen molar-refractivity contribution < 1.29 is 9.59 Å². The van der Waals surface area contributed by atoms with E-state index < -0.39 is 0 Å². The number of benzene rings is 2. The van der Waals surface area contributed by atoms with Gasteiger partial charge in [0.05, 0.1) is 5.56 Å². The summed E-state index contributed by atoms with van der Waals surface area (Å²) in [5.41, 5.74) is 3.09. The number of amides is 2. The molecule has 0 atom stereocenters.